The van der Waals surface area contributed by atoms with Crippen molar-refractivity contribution >= 4 is 40.3 Å². The van der Waals surface area contributed by atoms with Gasteiger partial charge in [-0.15, -0.1) is 0 Å². The third-order valence-electron chi connectivity index (χ3n) is 5.45. The van der Waals surface area contributed by atoms with Crippen molar-refractivity contribution in [3.63, 3.8) is 0 Å². The first-order valence-corrected chi connectivity index (χ1v) is 15.4. The fraction of sp³-hybridized carbons (Fsp3) is 0.316. The molecule has 1 fully saturated rings. The van der Waals surface area contributed by atoms with E-state index in [1.54, 1.807) is 24.4 Å². The summed E-state index contributed by atoms with van der Waals surface area (Å²) in [6.07, 6.45) is -0.578. The highest BCUT2D eigenvalue weighted by Crippen LogP contribution is 2.66. The van der Waals surface area contributed by atoms with Gasteiger partial charge in [0.25, 0.3) is 0 Å². The number of phosphoric ester groups is 1. The van der Waals surface area contributed by atoms with Gasteiger partial charge in [0.05, 0.1) is 17.6 Å². The molecule has 4 rings (SSSR count). The number of nitrogens with zero attached hydrogens (tertiary/aromatic N) is 4. The van der Waals surface area contributed by atoms with E-state index in [0.717, 1.165) is 6.33 Å². The molecule has 0 aliphatic carbocycles. The van der Waals surface area contributed by atoms with Crippen LogP contribution >= 0.6 is 23.5 Å². The summed E-state index contributed by atoms with van der Waals surface area (Å²) in [4.78, 5) is 48.5. The van der Waals surface area contributed by atoms with E-state index >= 15 is 0 Å². The molecular formula is C19H22N5O13P3. The zero-order valence-electron chi connectivity index (χ0n) is 20.2. The van der Waals surface area contributed by atoms with Crippen LogP contribution in [0.5, 0.6) is 0 Å². The lowest BCUT2D eigenvalue weighted by Crippen LogP contribution is -2.44. The van der Waals surface area contributed by atoms with Gasteiger partial charge in [0.15, 0.2) is 6.23 Å². The standard InChI is InChI=1S/C19H22N5O13P3/c1-19(26)15(25)13(9-34-39(30,31)37-40(32,33)36-38(27,28)29)35-18(19)24-8-11(5-6-12-4-2-3-7-21-12)14-16(20)22-10-23-17(14)24/h2-4,7-8,10,13,15,18,25-26H,9H2,1H3,(H,30,31)(H,32,33)(H2,20,22,23)(H2,27,28,29)/t13-,15-,18-,19-/m1/s1. The van der Waals surface area contributed by atoms with Crippen LogP contribution in [0.2, 0.25) is 0 Å². The highest BCUT2D eigenvalue weighted by Gasteiger charge is 2.54. The van der Waals surface area contributed by atoms with E-state index in [0.29, 0.717) is 16.6 Å². The van der Waals surface area contributed by atoms with Crippen molar-refractivity contribution in [3.8, 4) is 11.8 Å². The second kappa shape index (κ2) is 11.0. The van der Waals surface area contributed by atoms with Crippen LogP contribution in [0.1, 0.15) is 24.4 Å². The Hall–Kier alpha value is -2.58. The number of phosphoric acid groups is 3. The fourth-order valence-electron chi connectivity index (χ4n) is 3.80. The Bertz CT molecular complexity index is 1620. The summed E-state index contributed by atoms with van der Waals surface area (Å²) in [7, 11) is -16.9. The SMILES string of the molecule is C[C@@]1(O)[C@H](O)[C@@H](COP(=O)(O)OP(=O)(O)OP(=O)(O)O)O[C@H]1n1cc(C#Cc2ccccn2)c2c(N)ncnc21. The quantitative estimate of drug-likeness (QED) is 0.130. The lowest BCUT2D eigenvalue weighted by atomic mass is 9.96. The Morgan fingerprint density at radius 1 is 1.10 bits per heavy atom. The molecule has 0 bridgehead atoms. The zero-order valence-corrected chi connectivity index (χ0v) is 22.8. The van der Waals surface area contributed by atoms with Gasteiger partial charge in [-0.2, -0.15) is 8.62 Å². The number of fused-ring (bicyclic) bond motifs is 1. The highest BCUT2D eigenvalue weighted by molar-refractivity contribution is 7.66. The number of pyridine rings is 1. The van der Waals surface area contributed by atoms with Gasteiger partial charge in [-0.25, -0.2) is 28.6 Å². The van der Waals surface area contributed by atoms with Gasteiger partial charge < -0.3 is 44.8 Å². The second-order valence-electron chi connectivity index (χ2n) is 8.46. The van der Waals surface area contributed by atoms with Crippen LogP contribution in [0.4, 0.5) is 5.82 Å². The molecule has 18 nitrogen and oxygen atoms in total. The zero-order chi connectivity index (χ0) is 29.5. The van der Waals surface area contributed by atoms with Gasteiger partial charge >= 0.3 is 23.5 Å². The molecule has 1 saturated heterocycles. The van der Waals surface area contributed by atoms with Crippen molar-refractivity contribution in [2.75, 3.05) is 12.3 Å². The van der Waals surface area contributed by atoms with Gasteiger partial charge in [-0.05, 0) is 25.0 Å². The smallest absolute Gasteiger partial charge is 0.387 e. The van der Waals surface area contributed by atoms with Crippen LogP contribution < -0.4 is 5.73 Å². The molecule has 2 unspecified atom stereocenters. The van der Waals surface area contributed by atoms with Gasteiger partial charge in [0.1, 0.15) is 41.3 Å². The van der Waals surface area contributed by atoms with Crippen LogP contribution in [-0.4, -0.2) is 73.7 Å². The summed E-state index contributed by atoms with van der Waals surface area (Å²) in [5.41, 5.74) is 4.90. The molecule has 21 heteroatoms. The van der Waals surface area contributed by atoms with Crippen molar-refractivity contribution in [1.29, 1.82) is 0 Å². The van der Waals surface area contributed by atoms with Crippen LogP contribution in [0.15, 0.2) is 36.9 Å². The average Bonchev–Trinajstić information content (AvgIpc) is 3.30. The predicted molar refractivity (Wildman–Crippen MR) is 133 cm³/mol. The molecule has 0 spiro atoms. The van der Waals surface area contributed by atoms with Crippen LogP contribution in [0.25, 0.3) is 11.0 Å². The number of aliphatic hydroxyl groups is 2. The van der Waals surface area contributed by atoms with Crippen molar-refractivity contribution in [3.05, 3.63) is 48.2 Å². The number of rotatable bonds is 8. The van der Waals surface area contributed by atoms with E-state index in [1.165, 1.54) is 17.7 Å². The number of anilines is 1. The first-order chi connectivity index (χ1) is 18.5. The molecule has 0 aromatic carbocycles. The number of hydrogen-bond acceptors (Lipinski definition) is 13. The van der Waals surface area contributed by atoms with E-state index in [1.807, 2.05) is 0 Å². The molecule has 3 aromatic heterocycles. The van der Waals surface area contributed by atoms with E-state index in [4.69, 9.17) is 20.3 Å². The molecule has 40 heavy (non-hydrogen) atoms. The molecule has 1 aliphatic heterocycles. The van der Waals surface area contributed by atoms with Crippen LogP contribution in [-0.2, 0) is 31.6 Å². The maximum Gasteiger partial charge on any atom is 0.490 e. The summed E-state index contributed by atoms with van der Waals surface area (Å²) < 4.78 is 53.3. The Kier molecular flexibility index (Phi) is 8.36. The van der Waals surface area contributed by atoms with Gasteiger partial charge in [0, 0.05) is 12.4 Å². The van der Waals surface area contributed by atoms with Crippen molar-refractivity contribution in [2.24, 2.45) is 0 Å². The first kappa shape index (κ1) is 30.4. The fourth-order valence-corrected chi connectivity index (χ4v) is 6.83. The molecule has 216 valence electrons. The summed E-state index contributed by atoms with van der Waals surface area (Å²) in [6.45, 7) is 0.197. The minimum atomic E-state index is -5.76. The Labute approximate surface area is 224 Å². The molecule has 4 heterocycles. The summed E-state index contributed by atoms with van der Waals surface area (Å²) in [5, 5.41) is 22.1. The number of aliphatic hydroxyl groups excluding tert-OH is 1. The third-order valence-corrected chi connectivity index (χ3v) is 9.26. The molecule has 3 aromatic rings. The monoisotopic (exact) mass is 621 g/mol. The van der Waals surface area contributed by atoms with Crippen LogP contribution in [0.3, 0.4) is 0 Å². The normalized spacial score (nSPS) is 26.1. The first-order valence-electron chi connectivity index (χ1n) is 10.9. The topological polar surface area (TPSA) is 279 Å². The van der Waals surface area contributed by atoms with Crippen LogP contribution in [0, 0.1) is 11.8 Å². The number of aromatic nitrogens is 4. The van der Waals surface area contributed by atoms with Gasteiger partial charge in [0.2, 0.25) is 0 Å². The maximum atomic E-state index is 12.1. The Morgan fingerprint density at radius 2 is 1.82 bits per heavy atom. The minimum absolute atomic E-state index is 0.0523. The molecule has 0 amide bonds. The lowest BCUT2D eigenvalue weighted by molar-refractivity contribution is -0.0947. The molecule has 8 N–H and O–H groups in total. The average molecular weight is 621 g/mol. The number of nitrogens with two attached hydrogens (primary N) is 1. The highest BCUT2D eigenvalue weighted by atomic mass is 31.3. The van der Waals surface area contributed by atoms with Crippen molar-refractivity contribution in [1.82, 2.24) is 19.5 Å². The Balaban J connectivity index is 1.60. The molecule has 0 saturated carbocycles. The second-order valence-corrected chi connectivity index (χ2v) is 12.9. The number of nitrogen functional groups attached to an aromatic ring is 1. The van der Waals surface area contributed by atoms with Crippen molar-refractivity contribution in [2.45, 2.75) is 31.0 Å². The summed E-state index contributed by atoms with van der Waals surface area (Å²) in [5.74, 6) is 5.81. The largest absolute Gasteiger partial charge is 0.490 e. The molecule has 1 aliphatic rings. The number of hydrogen-bond donors (Lipinski definition) is 7. The Morgan fingerprint density at radius 3 is 2.48 bits per heavy atom. The molecule has 6 atom stereocenters. The summed E-state index contributed by atoms with van der Waals surface area (Å²) >= 11 is 0. The minimum Gasteiger partial charge on any atom is -0.387 e. The van der Waals surface area contributed by atoms with E-state index in [9.17, 15) is 33.7 Å². The molecule has 0 radical (unpaired) electrons. The maximum absolute atomic E-state index is 12.1. The van der Waals surface area contributed by atoms with E-state index in [2.05, 4.69) is 39.9 Å². The van der Waals surface area contributed by atoms with E-state index < -0.39 is 54.1 Å². The van der Waals surface area contributed by atoms with Gasteiger partial charge in [-0.3, -0.25) is 4.52 Å². The molecular weight excluding hydrogens is 599 g/mol. The number of ether oxygens (including phenoxy) is 1. The van der Waals surface area contributed by atoms with Gasteiger partial charge in [-0.1, -0.05) is 12.0 Å². The third kappa shape index (κ3) is 6.82. The van der Waals surface area contributed by atoms with E-state index in [-0.39, 0.29) is 11.5 Å². The predicted octanol–water partition coefficient (Wildman–Crippen LogP) is 0.161. The van der Waals surface area contributed by atoms with Crippen molar-refractivity contribution < 1.29 is 61.4 Å². The summed E-state index contributed by atoms with van der Waals surface area (Å²) in [6, 6.07) is 5.13. The lowest BCUT2D eigenvalue weighted by Gasteiger charge is -2.27.